The number of ether oxygens (including phenoxy) is 2. The first-order valence-electron chi connectivity index (χ1n) is 7.76. The molecule has 1 aromatic heterocycles. The monoisotopic (exact) mass is 334 g/mol. The zero-order valence-electron chi connectivity index (χ0n) is 14.0. The molecule has 3 aromatic rings. The van der Waals surface area contributed by atoms with E-state index in [-0.39, 0.29) is 5.91 Å². The summed E-state index contributed by atoms with van der Waals surface area (Å²) in [6.45, 7) is 0. The molecule has 0 unspecified atom stereocenters. The average molecular weight is 334 g/mol. The van der Waals surface area contributed by atoms with Gasteiger partial charge < -0.3 is 14.8 Å². The molecule has 5 heteroatoms. The van der Waals surface area contributed by atoms with Gasteiger partial charge in [-0.15, -0.1) is 0 Å². The number of pyridine rings is 1. The molecule has 0 bridgehead atoms. The van der Waals surface area contributed by atoms with Crippen LogP contribution in [0, 0.1) is 0 Å². The molecule has 0 fully saturated rings. The fraction of sp³-hybridized carbons (Fsp3) is 0.100. The van der Waals surface area contributed by atoms with E-state index in [4.69, 9.17) is 9.47 Å². The molecular formula is C20H18N2O3. The van der Waals surface area contributed by atoms with Crippen LogP contribution in [0.1, 0.15) is 10.4 Å². The molecule has 1 heterocycles. The molecule has 0 aliphatic rings. The largest absolute Gasteiger partial charge is 0.497 e. The third-order valence-electron chi connectivity index (χ3n) is 3.74. The zero-order chi connectivity index (χ0) is 17.6. The van der Waals surface area contributed by atoms with Crippen molar-refractivity contribution in [2.45, 2.75) is 0 Å². The Kier molecular flexibility index (Phi) is 4.95. The van der Waals surface area contributed by atoms with E-state index in [0.29, 0.717) is 17.0 Å². The molecule has 3 rings (SSSR count). The van der Waals surface area contributed by atoms with E-state index in [9.17, 15) is 4.79 Å². The van der Waals surface area contributed by atoms with Gasteiger partial charge in [0.2, 0.25) is 0 Å². The summed E-state index contributed by atoms with van der Waals surface area (Å²) < 4.78 is 10.5. The highest BCUT2D eigenvalue weighted by Gasteiger charge is 2.10. The number of amides is 1. The second-order valence-corrected chi connectivity index (χ2v) is 5.32. The maximum absolute atomic E-state index is 12.4. The second-order valence-electron chi connectivity index (χ2n) is 5.32. The van der Waals surface area contributed by atoms with Crippen molar-refractivity contribution >= 4 is 11.6 Å². The predicted molar refractivity (Wildman–Crippen MR) is 97.2 cm³/mol. The molecule has 0 atom stereocenters. The quantitative estimate of drug-likeness (QED) is 0.765. The smallest absolute Gasteiger partial charge is 0.257 e. The summed E-state index contributed by atoms with van der Waals surface area (Å²) in [5, 5.41) is 2.83. The highest BCUT2D eigenvalue weighted by Crippen LogP contribution is 2.28. The van der Waals surface area contributed by atoms with Gasteiger partial charge in [-0.3, -0.25) is 9.78 Å². The summed E-state index contributed by atoms with van der Waals surface area (Å²) >= 11 is 0. The van der Waals surface area contributed by atoms with E-state index in [1.54, 1.807) is 44.7 Å². The SMILES string of the molecule is COc1cccc(NC(=O)c2ccc(-c3ccccc3OC)nc2)c1. The van der Waals surface area contributed by atoms with Gasteiger partial charge in [0.05, 0.1) is 25.5 Å². The summed E-state index contributed by atoms with van der Waals surface area (Å²) in [7, 11) is 3.20. The van der Waals surface area contributed by atoms with Gasteiger partial charge in [0, 0.05) is 23.5 Å². The van der Waals surface area contributed by atoms with E-state index in [0.717, 1.165) is 17.0 Å². The summed E-state index contributed by atoms with van der Waals surface area (Å²) in [5.41, 5.74) is 2.76. The third-order valence-corrected chi connectivity index (χ3v) is 3.74. The molecule has 0 radical (unpaired) electrons. The lowest BCUT2D eigenvalue weighted by Crippen LogP contribution is -2.12. The number of hydrogen-bond acceptors (Lipinski definition) is 4. The first-order chi connectivity index (χ1) is 12.2. The molecule has 2 aromatic carbocycles. The Balaban J connectivity index is 1.78. The number of carbonyl (C=O) groups excluding carboxylic acids is 1. The Morgan fingerprint density at radius 3 is 2.52 bits per heavy atom. The Morgan fingerprint density at radius 1 is 0.960 bits per heavy atom. The summed E-state index contributed by atoms with van der Waals surface area (Å²) in [4.78, 5) is 16.8. The maximum Gasteiger partial charge on any atom is 0.257 e. The van der Waals surface area contributed by atoms with Crippen molar-refractivity contribution in [3.63, 3.8) is 0 Å². The van der Waals surface area contributed by atoms with Crippen LogP contribution >= 0.6 is 0 Å². The number of anilines is 1. The third kappa shape index (κ3) is 3.77. The van der Waals surface area contributed by atoms with Crippen LogP contribution in [0.15, 0.2) is 66.9 Å². The molecule has 1 amide bonds. The van der Waals surface area contributed by atoms with Crippen LogP contribution in [0.4, 0.5) is 5.69 Å². The average Bonchev–Trinajstić information content (AvgIpc) is 2.68. The summed E-state index contributed by atoms with van der Waals surface area (Å²) in [5.74, 6) is 1.19. The van der Waals surface area contributed by atoms with Gasteiger partial charge in [-0.1, -0.05) is 18.2 Å². The van der Waals surface area contributed by atoms with Crippen molar-refractivity contribution in [2.24, 2.45) is 0 Å². The van der Waals surface area contributed by atoms with Crippen LogP contribution in [0.2, 0.25) is 0 Å². The number of carbonyl (C=O) groups is 1. The lowest BCUT2D eigenvalue weighted by atomic mass is 10.1. The minimum absolute atomic E-state index is 0.229. The van der Waals surface area contributed by atoms with Gasteiger partial charge in [0.25, 0.3) is 5.91 Å². The number of rotatable bonds is 5. The molecule has 5 nitrogen and oxygen atoms in total. The molecule has 0 saturated heterocycles. The fourth-order valence-corrected chi connectivity index (χ4v) is 2.45. The van der Waals surface area contributed by atoms with Crippen LogP contribution in [0.25, 0.3) is 11.3 Å². The number of methoxy groups -OCH3 is 2. The topological polar surface area (TPSA) is 60.5 Å². The zero-order valence-corrected chi connectivity index (χ0v) is 14.0. The van der Waals surface area contributed by atoms with Crippen LogP contribution in [-0.2, 0) is 0 Å². The van der Waals surface area contributed by atoms with Gasteiger partial charge in [0.15, 0.2) is 0 Å². The number of aromatic nitrogens is 1. The highest BCUT2D eigenvalue weighted by molar-refractivity contribution is 6.04. The Bertz CT molecular complexity index is 876. The van der Waals surface area contributed by atoms with Gasteiger partial charge in [-0.25, -0.2) is 0 Å². The molecule has 126 valence electrons. The van der Waals surface area contributed by atoms with E-state index in [1.807, 2.05) is 36.4 Å². The van der Waals surface area contributed by atoms with Crippen LogP contribution < -0.4 is 14.8 Å². The van der Waals surface area contributed by atoms with E-state index >= 15 is 0 Å². The summed E-state index contributed by atoms with van der Waals surface area (Å²) in [6.07, 6.45) is 1.55. The van der Waals surface area contributed by atoms with Crippen LogP contribution in [0.5, 0.6) is 11.5 Å². The normalized spacial score (nSPS) is 10.2. The molecule has 0 aliphatic carbocycles. The molecule has 25 heavy (non-hydrogen) atoms. The van der Waals surface area contributed by atoms with Gasteiger partial charge in [-0.05, 0) is 36.4 Å². The van der Waals surface area contributed by atoms with Gasteiger partial charge in [-0.2, -0.15) is 0 Å². The van der Waals surface area contributed by atoms with Crippen LogP contribution in [-0.4, -0.2) is 25.1 Å². The Morgan fingerprint density at radius 2 is 1.80 bits per heavy atom. The number of nitrogens with zero attached hydrogens (tertiary/aromatic N) is 1. The van der Waals surface area contributed by atoms with Crippen molar-refractivity contribution in [3.8, 4) is 22.8 Å². The molecule has 0 saturated carbocycles. The van der Waals surface area contributed by atoms with E-state index in [2.05, 4.69) is 10.3 Å². The number of hydrogen-bond donors (Lipinski definition) is 1. The van der Waals surface area contributed by atoms with Crippen molar-refractivity contribution in [1.29, 1.82) is 0 Å². The molecular weight excluding hydrogens is 316 g/mol. The van der Waals surface area contributed by atoms with Crippen molar-refractivity contribution in [3.05, 3.63) is 72.4 Å². The van der Waals surface area contributed by atoms with Crippen molar-refractivity contribution in [2.75, 3.05) is 19.5 Å². The predicted octanol–water partition coefficient (Wildman–Crippen LogP) is 4.02. The molecule has 0 aliphatic heterocycles. The van der Waals surface area contributed by atoms with E-state index in [1.165, 1.54) is 0 Å². The Hall–Kier alpha value is -3.34. The number of benzene rings is 2. The Labute approximate surface area is 146 Å². The lowest BCUT2D eigenvalue weighted by Gasteiger charge is -2.09. The van der Waals surface area contributed by atoms with Crippen LogP contribution in [0.3, 0.4) is 0 Å². The first-order valence-corrected chi connectivity index (χ1v) is 7.76. The highest BCUT2D eigenvalue weighted by atomic mass is 16.5. The first kappa shape index (κ1) is 16.5. The number of para-hydroxylation sites is 1. The second kappa shape index (κ2) is 7.49. The standard InChI is InChI=1S/C20H18N2O3/c1-24-16-7-5-6-15(12-16)22-20(23)14-10-11-18(21-13-14)17-8-3-4-9-19(17)25-2/h3-13H,1-2H3,(H,22,23). The maximum atomic E-state index is 12.4. The lowest BCUT2D eigenvalue weighted by molar-refractivity contribution is 0.102. The number of nitrogens with one attached hydrogen (secondary N) is 1. The van der Waals surface area contributed by atoms with E-state index < -0.39 is 0 Å². The minimum atomic E-state index is -0.229. The fourth-order valence-electron chi connectivity index (χ4n) is 2.45. The minimum Gasteiger partial charge on any atom is -0.497 e. The summed E-state index contributed by atoms with van der Waals surface area (Å²) in [6, 6.07) is 18.4. The van der Waals surface area contributed by atoms with Gasteiger partial charge >= 0.3 is 0 Å². The molecule has 1 N–H and O–H groups in total. The van der Waals surface area contributed by atoms with Gasteiger partial charge in [0.1, 0.15) is 11.5 Å². The van der Waals surface area contributed by atoms with Crippen molar-refractivity contribution in [1.82, 2.24) is 4.98 Å². The molecule has 0 spiro atoms. The van der Waals surface area contributed by atoms with Crippen molar-refractivity contribution < 1.29 is 14.3 Å².